The Bertz CT molecular complexity index is 377. The standard InChI is InChI=1S/C12H18N2O2/c1-2-10(15)11-13-12(16-14-11)9-6-7-3-4-8(9)5-7/h7-10,15H,2-6H2,1H3. The van der Waals surface area contributed by atoms with E-state index < -0.39 is 6.10 Å². The van der Waals surface area contributed by atoms with Gasteiger partial charge < -0.3 is 9.63 Å². The van der Waals surface area contributed by atoms with E-state index in [0.717, 1.165) is 17.7 Å². The monoisotopic (exact) mass is 222 g/mol. The number of aliphatic hydroxyl groups excluding tert-OH is 1. The lowest BCUT2D eigenvalue weighted by Gasteiger charge is -2.17. The highest BCUT2D eigenvalue weighted by Gasteiger charge is 2.43. The van der Waals surface area contributed by atoms with Crippen molar-refractivity contribution in [1.82, 2.24) is 10.1 Å². The molecule has 4 atom stereocenters. The zero-order valence-corrected chi connectivity index (χ0v) is 9.59. The molecule has 16 heavy (non-hydrogen) atoms. The zero-order valence-electron chi connectivity index (χ0n) is 9.59. The summed E-state index contributed by atoms with van der Waals surface area (Å²) in [7, 11) is 0. The van der Waals surface area contributed by atoms with Gasteiger partial charge in [-0.3, -0.25) is 0 Å². The Kier molecular flexibility index (Phi) is 2.46. The first-order chi connectivity index (χ1) is 7.78. The normalized spacial score (nSPS) is 34.5. The average Bonchev–Trinajstić information content (AvgIpc) is 3.02. The molecule has 2 aliphatic carbocycles. The molecule has 2 aliphatic rings. The van der Waals surface area contributed by atoms with Crippen molar-refractivity contribution in [1.29, 1.82) is 0 Å². The van der Waals surface area contributed by atoms with E-state index in [9.17, 15) is 5.11 Å². The maximum atomic E-state index is 9.63. The molecule has 3 rings (SSSR count). The Hall–Kier alpha value is -0.900. The van der Waals surface area contributed by atoms with Gasteiger partial charge in [0, 0.05) is 5.92 Å². The van der Waals surface area contributed by atoms with Crippen molar-refractivity contribution in [3.8, 4) is 0 Å². The summed E-state index contributed by atoms with van der Waals surface area (Å²) >= 11 is 0. The van der Waals surface area contributed by atoms with Gasteiger partial charge >= 0.3 is 0 Å². The van der Waals surface area contributed by atoms with Crippen LogP contribution in [0.4, 0.5) is 0 Å². The Morgan fingerprint density at radius 3 is 2.94 bits per heavy atom. The van der Waals surface area contributed by atoms with Gasteiger partial charge in [0.25, 0.3) is 0 Å². The fourth-order valence-corrected chi connectivity index (χ4v) is 3.26. The van der Waals surface area contributed by atoms with Crippen molar-refractivity contribution in [2.45, 2.75) is 51.0 Å². The molecule has 4 nitrogen and oxygen atoms in total. The Labute approximate surface area is 95.0 Å². The first-order valence-electron chi connectivity index (χ1n) is 6.29. The van der Waals surface area contributed by atoms with Gasteiger partial charge in [0.2, 0.25) is 5.89 Å². The van der Waals surface area contributed by atoms with Gasteiger partial charge in [-0.15, -0.1) is 0 Å². The number of fused-ring (bicyclic) bond motifs is 2. The van der Waals surface area contributed by atoms with Crippen LogP contribution in [0.2, 0.25) is 0 Å². The molecule has 0 amide bonds. The van der Waals surface area contributed by atoms with Crippen molar-refractivity contribution < 1.29 is 9.63 Å². The van der Waals surface area contributed by atoms with Gasteiger partial charge in [-0.2, -0.15) is 4.98 Å². The van der Waals surface area contributed by atoms with Crippen LogP contribution in [0, 0.1) is 11.8 Å². The Morgan fingerprint density at radius 1 is 1.44 bits per heavy atom. The summed E-state index contributed by atoms with van der Waals surface area (Å²) in [4.78, 5) is 4.35. The third kappa shape index (κ3) is 1.56. The number of hydrogen-bond acceptors (Lipinski definition) is 4. The molecular weight excluding hydrogens is 204 g/mol. The van der Waals surface area contributed by atoms with Gasteiger partial charge in [-0.25, -0.2) is 0 Å². The summed E-state index contributed by atoms with van der Waals surface area (Å²) in [6.45, 7) is 1.91. The minimum atomic E-state index is -0.573. The Balaban J connectivity index is 1.77. The zero-order chi connectivity index (χ0) is 11.1. The van der Waals surface area contributed by atoms with Crippen molar-refractivity contribution in [3.63, 3.8) is 0 Å². The highest BCUT2D eigenvalue weighted by molar-refractivity contribution is 5.05. The molecule has 0 aliphatic heterocycles. The topological polar surface area (TPSA) is 59.2 Å². The molecule has 4 unspecified atom stereocenters. The van der Waals surface area contributed by atoms with Crippen molar-refractivity contribution >= 4 is 0 Å². The molecule has 0 saturated heterocycles. The SMILES string of the molecule is CCC(O)c1noc(C2CC3CCC2C3)n1. The lowest BCUT2D eigenvalue weighted by atomic mass is 9.89. The summed E-state index contributed by atoms with van der Waals surface area (Å²) in [5.41, 5.74) is 0. The summed E-state index contributed by atoms with van der Waals surface area (Å²) in [5.74, 6) is 3.30. The quantitative estimate of drug-likeness (QED) is 0.853. The lowest BCUT2D eigenvalue weighted by molar-refractivity contribution is 0.159. The third-order valence-electron chi connectivity index (χ3n) is 4.20. The van der Waals surface area contributed by atoms with E-state index in [-0.39, 0.29) is 0 Å². The molecule has 1 N–H and O–H groups in total. The third-order valence-corrected chi connectivity index (χ3v) is 4.20. The van der Waals surface area contributed by atoms with Crippen LogP contribution in [0.15, 0.2) is 4.52 Å². The van der Waals surface area contributed by atoms with E-state index >= 15 is 0 Å². The van der Waals surface area contributed by atoms with Crippen molar-refractivity contribution in [2.75, 3.05) is 0 Å². The van der Waals surface area contributed by atoms with Gasteiger partial charge in [0.1, 0.15) is 6.10 Å². The number of aliphatic hydroxyl groups is 1. The highest BCUT2D eigenvalue weighted by atomic mass is 16.5. The van der Waals surface area contributed by atoms with Crippen LogP contribution >= 0.6 is 0 Å². The molecular formula is C12H18N2O2. The summed E-state index contributed by atoms with van der Waals surface area (Å²) in [5, 5.41) is 13.5. The second-order valence-corrected chi connectivity index (χ2v) is 5.20. The van der Waals surface area contributed by atoms with Crippen LogP contribution in [0.5, 0.6) is 0 Å². The Morgan fingerprint density at radius 2 is 2.31 bits per heavy atom. The number of aromatic nitrogens is 2. The first kappa shape index (κ1) is 10.3. The fraction of sp³-hybridized carbons (Fsp3) is 0.833. The van der Waals surface area contributed by atoms with E-state index in [4.69, 9.17) is 4.52 Å². The molecule has 1 heterocycles. The molecule has 4 heteroatoms. The average molecular weight is 222 g/mol. The van der Waals surface area contributed by atoms with E-state index in [1.165, 1.54) is 25.7 Å². The first-order valence-corrected chi connectivity index (χ1v) is 6.29. The van der Waals surface area contributed by atoms with Gasteiger partial charge in [-0.05, 0) is 37.5 Å². The molecule has 88 valence electrons. The van der Waals surface area contributed by atoms with Crippen LogP contribution in [0.1, 0.15) is 62.8 Å². The molecule has 1 aromatic rings. The molecule has 0 spiro atoms. The van der Waals surface area contributed by atoms with Crippen LogP contribution < -0.4 is 0 Å². The molecule has 0 radical (unpaired) electrons. The van der Waals surface area contributed by atoms with E-state index in [1.807, 2.05) is 6.92 Å². The predicted molar refractivity (Wildman–Crippen MR) is 57.7 cm³/mol. The smallest absolute Gasteiger partial charge is 0.230 e. The number of rotatable bonds is 3. The summed E-state index contributed by atoms with van der Waals surface area (Å²) < 4.78 is 5.30. The van der Waals surface area contributed by atoms with Gasteiger partial charge in [0.15, 0.2) is 5.82 Å². The number of hydrogen-bond donors (Lipinski definition) is 1. The maximum absolute atomic E-state index is 9.63. The van der Waals surface area contributed by atoms with E-state index in [0.29, 0.717) is 18.2 Å². The maximum Gasteiger partial charge on any atom is 0.230 e. The largest absolute Gasteiger partial charge is 0.385 e. The molecule has 2 saturated carbocycles. The van der Waals surface area contributed by atoms with Crippen molar-refractivity contribution in [2.24, 2.45) is 11.8 Å². The predicted octanol–water partition coefficient (Wildman–Crippen LogP) is 2.42. The minimum absolute atomic E-state index is 0.459. The molecule has 0 aromatic carbocycles. The van der Waals surface area contributed by atoms with Crippen LogP contribution in [-0.2, 0) is 0 Å². The van der Waals surface area contributed by atoms with Gasteiger partial charge in [0.05, 0.1) is 0 Å². The number of nitrogens with zero attached hydrogens (tertiary/aromatic N) is 2. The molecule has 2 bridgehead atoms. The fourth-order valence-electron chi connectivity index (χ4n) is 3.26. The second-order valence-electron chi connectivity index (χ2n) is 5.20. The molecule has 1 aromatic heterocycles. The minimum Gasteiger partial charge on any atom is -0.385 e. The lowest BCUT2D eigenvalue weighted by Crippen LogP contribution is -2.09. The van der Waals surface area contributed by atoms with E-state index in [1.54, 1.807) is 0 Å². The second kappa shape index (κ2) is 3.84. The summed E-state index contributed by atoms with van der Waals surface area (Å²) in [6, 6.07) is 0. The van der Waals surface area contributed by atoms with Crippen LogP contribution in [0.3, 0.4) is 0 Å². The van der Waals surface area contributed by atoms with E-state index in [2.05, 4.69) is 10.1 Å². The van der Waals surface area contributed by atoms with Crippen LogP contribution in [-0.4, -0.2) is 15.2 Å². The highest BCUT2D eigenvalue weighted by Crippen LogP contribution is 2.52. The van der Waals surface area contributed by atoms with Crippen molar-refractivity contribution in [3.05, 3.63) is 11.7 Å². The van der Waals surface area contributed by atoms with Crippen LogP contribution in [0.25, 0.3) is 0 Å². The summed E-state index contributed by atoms with van der Waals surface area (Å²) in [6.07, 6.45) is 5.28. The van der Waals surface area contributed by atoms with Gasteiger partial charge in [-0.1, -0.05) is 18.5 Å². The molecule has 2 fully saturated rings.